The molecule has 46 heavy (non-hydrogen) atoms. The molecule has 0 spiro atoms. The van der Waals surface area contributed by atoms with E-state index < -0.39 is 0 Å². The molecular formula is C42H44Cl2Pd2-6. The monoisotopic (exact) mass is 830 g/mol. The largest absolute Gasteiger partial charge is 0.181 e. The standard InChI is InChI=1S/6C7H7.2ClH.2Pd/c6*1-7-5-3-2-4-6-7;;;;/h6*2-5H,1H3;2*1H;;/q6*-1;;;;. The number of halogens is 2. The van der Waals surface area contributed by atoms with E-state index in [-0.39, 0.29) is 65.7 Å². The fourth-order valence-electron chi connectivity index (χ4n) is 2.90. The zero-order chi connectivity index (χ0) is 30.7. The summed E-state index contributed by atoms with van der Waals surface area (Å²) in [6.07, 6.45) is 0. The van der Waals surface area contributed by atoms with Gasteiger partial charge < -0.3 is 0 Å². The Hall–Kier alpha value is -2.78. The first-order valence-electron chi connectivity index (χ1n) is 14.0. The van der Waals surface area contributed by atoms with Gasteiger partial charge in [0.25, 0.3) is 0 Å². The van der Waals surface area contributed by atoms with Gasteiger partial charge in [-0.1, -0.05) is 41.5 Å². The third-order valence-corrected chi connectivity index (χ3v) is 5.19. The van der Waals surface area contributed by atoms with Gasteiger partial charge in [0.2, 0.25) is 0 Å². The summed E-state index contributed by atoms with van der Waals surface area (Å²) < 4.78 is 0. The molecule has 0 saturated carbocycles. The Bertz CT molecular complexity index is 1090. The molecule has 0 amide bonds. The minimum Gasteiger partial charge on any atom is -0.181 e. The van der Waals surface area contributed by atoms with E-state index in [4.69, 9.17) is 0 Å². The van der Waals surface area contributed by atoms with Crippen molar-refractivity contribution in [2.24, 2.45) is 0 Å². The van der Waals surface area contributed by atoms with Crippen LogP contribution in [0.3, 0.4) is 0 Å². The van der Waals surface area contributed by atoms with Crippen LogP contribution in [0.5, 0.6) is 0 Å². The fourth-order valence-corrected chi connectivity index (χ4v) is 2.90. The third kappa shape index (κ3) is 32.6. The van der Waals surface area contributed by atoms with Gasteiger partial charge >= 0.3 is 0 Å². The Labute approximate surface area is 320 Å². The molecule has 0 aliphatic heterocycles. The maximum atomic E-state index is 3.03. The SMILES string of the molecule is Cc1[c-]cccc1.Cc1[c-]cccc1.Cc1[c-]cccc1.Cc1[c-]cccc1.Cc1[c-]cccc1.Cc1[c-]cccc1.Cl.Cl.[Pd].[Pd]. The van der Waals surface area contributed by atoms with Gasteiger partial charge in [-0.25, -0.2) is 0 Å². The number of benzene rings is 6. The van der Waals surface area contributed by atoms with Crippen LogP contribution in [0.2, 0.25) is 0 Å². The number of rotatable bonds is 0. The maximum absolute atomic E-state index is 3.03. The average molecular weight is 833 g/mol. The molecule has 0 atom stereocenters. The first kappa shape index (κ1) is 50.1. The van der Waals surface area contributed by atoms with Crippen molar-refractivity contribution in [2.75, 3.05) is 0 Å². The quantitative estimate of drug-likeness (QED) is 0.106. The average Bonchev–Trinajstić information content (AvgIpc) is 3.01. The fraction of sp³-hybridized carbons (Fsp3) is 0.143. The molecule has 6 aromatic rings. The molecular weight excluding hydrogens is 788 g/mol. The summed E-state index contributed by atoms with van der Waals surface area (Å²) >= 11 is 0. The van der Waals surface area contributed by atoms with E-state index >= 15 is 0 Å². The molecule has 0 heterocycles. The van der Waals surface area contributed by atoms with Crippen molar-refractivity contribution in [3.05, 3.63) is 215 Å². The summed E-state index contributed by atoms with van der Waals surface area (Å²) in [5.41, 5.74) is 7.18. The van der Waals surface area contributed by atoms with Crippen LogP contribution >= 0.6 is 24.8 Å². The first-order valence-corrected chi connectivity index (χ1v) is 14.0. The Kier molecular flexibility index (Phi) is 38.2. The van der Waals surface area contributed by atoms with E-state index in [1.165, 1.54) is 33.4 Å². The molecule has 0 aliphatic rings. The number of aryl methyl sites for hydroxylation is 6. The second-order valence-electron chi connectivity index (χ2n) is 9.27. The molecule has 0 radical (unpaired) electrons. The zero-order valence-electron chi connectivity index (χ0n) is 27.3. The van der Waals surface area contributed by atoms with Gasteiger partial charge in [-0.2, -0.15) is 215 Å². The predicted molar refractivity (Wildman–Crippen MR) is 195 cm³/mol. The van der Waals surface area contributed by atoms with E-state index in [2.05, 4.69) is 36.4 Å². The van der Waals surface area contributed by atoms with Crippen LogP contribution in [-0.2, 0) is 40.8 Å². The molecule has 0 unspecified atom stereocenters. The molecule has 0 fully saturated rings. The van der Waals surface area contributed by atoms with Crippen molar-refractivity contribution < 1.29 is 40.8 Å². The van der Waals surface area contributed by atoms with Gasteiger partial charge in [0.15, 0.2) is 0 Å². The Morgan fingerprint density at radius 2 is 0.391 bits per heavy atom. The van der Waals surface area contributed by atoms with Crippen molar-refractivity contribution in [2.45, 2.75) is 41.5 Å². The van der Waals surface area contributed by atoms with Crippen molar-refractivity contribution in [3.63, 3.8) is 0 Å². The summed E-state index contributed by atoms with van der Waals surface area (Å²) in [6.45, 7) is 12.2. The second-order valence-corrected chi connectivity index (χ2v) is 9.27. The molecule has 252 valence electrons. The van der Waals surface area contributed by atoms with E-state index in [0.29, 0.717) is 0 Å². The van der Waals surface area contributed by atoms with Crippen LogP contribution in [0.25, 0.3) is 0 Å². The van der Waals surface area contributed by atoms with E-state index in [1.807, 2.05) is 187 Å². The summed E-state index contributed by atoms with van der Waals surface area (Å²) in [5.74, 6) is 0. The second kappa shape index (κ2) is 35.1. The van der Waals surface area contributed by atoms with Gasteiger partial charge in [0.1, 0.15) is 0 Å². The van der Waals surface area contributed by atoms with Crippen molar-refractivity contribution in [1.82, 2.24) is 0 Å². The van der Waals surface area contributed by atoms with Gasteiger partial charge in [-0.3, -0.25) is 0 Å². The van der Waals surface area contributed by atoms with Crippen LogP contribution < -0.4 is 0 Å². The molecule has 0 aliphatic carbocycles. The maximum Gasteiger partial charge on any atom is 0 e. The topological polar surface area (TPSA) is 0 Å². The summed E-state index contributed by atoms with van der Waals surface area (Å²) in [6, 6.07) is 65.7. The first-order chi connectivity index (χ1) is 20.4. The van der Waals surface area contributed by atoms with E-state index in [0.717, 1.165) is 0 Å². The Morgan fingerprint density at radius 3 is 0.435 bits per heavy atom. The van der Waals surface area contributed by atoms with E-state index in [9.17, 15) is 0 Å². The van der Waals surface area contributed by atoms with Crippen LogP contribution in [0, 0.1) is 77.9 Å². The van der Waals surface area contributed by atoms with Crippen LogP contribution in [0.15, 0.2) is 146 Å². The van der Waals surface area contributed by atoms with Crippen molar-refractivity contribution >= 4 is 24.8 Å². The summed E-state index contributed by atoms with van der Waals surface area (Å²) in [4.78, 5) is 0. The number of hydrogen-bond donors (Lipinski definition) is 0. The number of hydrogen-bond acceptors (Lipinski definition) is 0. The van der Waals surface area contributed by atoms with Crippen molar-refractivity contribution in [1.29, 1.82) is 0 Å². The van der Waals surface area contributed by atoms with Crippen LogP contribution in [0.1, 0.15) is 33.4 Å². The Balaban J connectivity index is -0.000000226. The minimum atomic E-state index is 0. The normalized spacial score (nSPS) is 7.96. The predicted octanol–water partition coefficient (Wildman–Crippen LogP) is 11.6. The van der Waals surface area contributed by atoms with Crippen molar-refractivity contribution in [3.8, 4) is 0 Å². The molecule has 4 heteroatoms. The molecule has 0 bridgehead atoms. The molecule has 6 rings (SSSR count). The molecule has 0 saturated heterocycles. The van der Waals surface area contributed by atoms with Crippen LogP contribution in [-0.4, -0.2) is 0 Å². The van der Waals surface area contributed by atoms with E-state index in [1.54, 1.807) is 0 Å². The van der Waals surface area contributed by atoms with Crippen LogP contribution in [0.4, 0.5) is 0 Å². The molecule has 6 aromatic carbocycles. The third-order valence-electron chi connectivity index (χ3n) is 5.19. The van der Waals surface area contributed by atoms with Gasteiger partial charge in [-0.15, -0.1) is 24.8 Å². The zero-order valence-corrected chi connectivity index (χ0v) is 32.0. The van der Waals surface area contributed by atoms with Gasteiger partial charge in [0.05, 0.1) is 0 Å². The van der Waals surface area contributed by atoms with Gasteiger partial charge in [-0.05, 0) is 0 Å². The minimum absolute atomic E-state index is 0. The molecule has 0 nitrogen and oxygen atoms in total. The van der Waals surface area contributed by atoms with Gasteiger partial charge in [0, 0.05) is 40.8 Å². The Morgan fingerprint density at radius 1 is 0.261 bits per heavy atom. The smallest absolute Gasteiger partial charge is 0 e. The molecule has 0 aromatic heterocycles. The summed E-state index contributed by atoms with van der Waals surface area (Å²) in [7, 11) is 0. The summed E-state index contributed by atoms with van der Waals surface area (Å²) in [5, 5.41) is 0. The molecule has 0 N–H and O–H groups in total.